The molecule has 2 aromatic heterocycles. The molecule has 1 N–H and O–H groups in total. The van der Waals surface area contributed by atoms with Crippen molar-refractivity contribution in [2.24, 2.45) is 0 Å². The largest absolute Gasteiger partial charge is 0.478 e. The summed E-state index contributed by atoms with van der Waals surface area (Å²) >= 11 is 6.11. The molecule has 0 aliphatic heterocycles. The molecule has 9 heteroatoms. The van der Waals surface area contributed by atoms with Crippen molar-refractivity contribution in [2.75, 3.05) is 5.75 Å². The van der Waals surface area contributed by atoms with E-state index in [1.807, 2.05) is 6.07 Å². The molecule has 2 aromatic carbocycles. The maximum atomic E-state index is 13.0. The Morgan fingerprint density at radius 2 is 1.84 bits per heavy atom. The summed E-state index contributed by atoms with van der Waals surface area (Å²) in [6, 6.07) is 14.8. The van der Waals surface area contributed by atoms with Crippen molar-refractivity contribution in [3.05, 3.63) is 89.2 Å². The van der Waals surface area contributed by atoms with E-state index < -0.39 is 16.0 Å². The summed E-state index contributed by atoms with van der Waals surface area (Å²) < 4.78 is 27.0. The molecule has 4 rings (SSSR count). The molecular formula is C22H16ClN3O4S. The molecule has 0 amide bonds. The van der Waals surface area contributed by atoms with Crippen LogP contribution in [0.1, 0.15) is 15.9 Å². The summed E-state index contributed by atoms with van der Waals surface area (Å²) in [7, 11) is -3.82. The van der Waals surface area contributed by atoms with E-state index in [1.165, 1.54) is 30.6 Å². The minimum Gasteiger partial charge on any atom is -0.478 e. The number of halogens is 1. The topological polar surface area (TPSA) is 102 Å². The summed E-state index contributed by atoms with van der Waals surface area (Å²) in [5, 5.41) is 14.5. The van der Waals surface area contributed by atoms with Gasteiger partial charge in [0.2, 0.25) is 0 Å². The fraction of sp³-hybridized carbons (Fsp3) is 0.0455. The van der Waals surface area contributed by atoms with E-state index in [0.717, 1.165) is 4.09 Å². The Morgan fingerprint density at radius 1 is 1.10 bits per heavy atom. The van der Waals surface area contributed by atoms with Gasteiger partial charge < -0.3 is 5.11 Å². The average molecular weight is 454 g/mol. The molecule has 0 unspecified atom stereocenters. The fourth-order valence-electron chi connectivity index (χ4n) is 3.11. The molecule has 0 atom stereocenters. The second kappa shape index (κ2) is 8.33. The molecule has 2 heterocycles. The van der Waals surface area contributed by atoms with Crippen LogP contribution in [0.4, 0.5) is 0 Å². The van der Waals surface area contributed by atoms with Crippen LogP contribution in [0.25, 0.3) is 28.2 Å². The minimum absolute atomic E-state index is 0.128. The summed E-state index contributed by atoms with van der Waals surface area (Å²) in [6.07, 6.45) is 6.20. The van der Waals surface area contributed by atoms with Gasteiger partial charge in [0.15, 0.2) is 0 Å². The number of carboxylic acid groups (broad SMARTS) is 1. The third-order valence-electron chi connectivity index (χ3n) is 4.63. The SMILES string of the molecule is O=C(O)c1ccc(-c2nn(S(=O)(=O)CC=Cc3ccccc3Cl)c3ccncc23)cc1. The summed E-state index contributed by atoms with van der Waals surface area (Å²) in [5.41, 5.74) is 2.22. The summed E-state index contributed by atoms with van der Waals surface area (Å²) in [6.45, 7) is 0. The van der Waals surface area contributed by atoms with Gasteiger partial charge in [-0.25, -0.2) is 13.2 Å². The number of benzene rings is 2. The highest BCUT2D eigenvalue weighted by Gasteiger charge is 2.21. The highest BCUT2D eigenvalue weighted by Crippen LogP contribution is 2.28. The number of aromatic nitrogens is 3. The lowest BCUT2D eigenvalue weighted by molar-refractivity contribution is 0.0697. The maximum absolute atomic E-state index is 13.0. The highest BCUT2D eigenvalue weighted by molar-refractivity contribution is 7.90. The lowest BCUT2D eigenvalue weighted by Gasteiger charge is -2.03. The predicted molar refractivity (Wildman–Crippen MR) is 120 cm³/mol. The third kappa shape index (κ3) is 4.21. The molecule has 0 fully saturated rings. The van der Waals surface area contributed by atoms with Crippen molar-refractivity contribution >= 4 is 44.6 Å². The van der Waals surface area contributed by atoms with Crippen LogP contribution >= 0.6 is 11.6 Å². The lowest BCUT2D eigenvalue weighted by atomic mass is 10.1. The van der Waals surface area contributed by atoms with Crippen molar-refractivity contribution in [2.45, 2.75) is 0 Å². The van der Waals surface area contributed by atoms with Crippen LogP contribution in [-0.2, 0) is 10.0 Å². The molecule has 7 nitrogen and oxygen atoms in total. The lowest BCUT2D eigenvalue weighted by Crippen LogP contribution is -2.16. The number of rotatable bonds is 6. The van der Waals surface area contributed by atoms with E-state index in [0.29, 0.717) is 32.7 Å². The number of carboxylic acids is 1. The number of fused-ring (bicyclic) bond motifs is 1. The first kappa shape index (κ1) is 20.8. The van der Waals surface area contributed by atoms with Crippen LogP contribution in [0.3, 0.4) is 0 Å². The second-order valence-corrected chi connectivity index (χ2v) is 8.92. The van der Waals surface area contributed by atoms with Gasteiger partial charge in [-0.15, -0.1) is 0 Å². The molecule has 4 aromatic rings. The zero-order valence-electron chi connectivity index (χ0n) is 16.0. The average Bonchev–Trinajstić information content (AvgIpc) is 3.16. The molecule has 0 saturated heterocycles. The molecule has 31 heavy (non-hydrogen) atoms. The molecule has 0 saturated carbocycles. The van der Waals surface area contributed by atoms with Crippen LogP contribution in [0.5, 0.6) is 0 Å². The number of nitrogens with zero attached hydrogens (tertiary/aromatic N) is 3. The maximum Gasteiger partial charge on any atom is 0.335 e. The normalized spacial score (nSPS) is 11.9. The van der Waals surface area contributed by atoms with Gasteiger partial charge in [0.1, 0.15) is 5.69 Å². The molecule has 0 aliphatic carbocycles. The van der Waals surface area contributed by atoms with Gasteiger partial charge in [-0.05, 0) is 29.8 Å². The first-order valence-corrected chi connectivity index (χ1v) is 11.2. The van der Waals surface area contributed by atoms with Gasteiger partial charge >= 0.3 is 5.97 Å². The van der Waals surface area contributed by atoms with Crippen LogP contribution in [0.2, 0.25) is 5.02 Å². The highest BCUT2D eigenvalue weighted by atomic mass is 35.5. The zero-order chi connectivity index (χ0) is 22.0. The first-order chi connectivity index (χ1) is 14.9. The number of hydrogen-bond donors (Lipinski definition) is 1. The molecule has 0 radical (unpaired) electrons. The monoisotopic (exact) mass is 453 g/mol. The Bertz CT molecular complexity index is 1410. The van der Waals surface area contributed by atoms with Crippen LogP contribution < -0.4 is 0 Å². The van der Waals surface area contributed by atoms with Gasteiger partial charge in [-0.1, -0.05) is 54.1 Å². The van der Waals surface area contributed by atoms with E-state index in [4.69, 9.17) is 16.7 Å². The second-order valence-electron chi connectivity index (χ2n) is 6.67. The van der Waals surface area contributed by atoms with Gasteiger partial charge in [0, 0.05) is 28.4 Å². The Morgan fingerprint density at radius 3 is 2.55 bits per heavy atom. The fourth-order valence-corrected chi connectivity index (χ4v) is 4.45. The van der Waals surface area contributed by atoms with Crippen molar-refractivity contribution in [3.63, 3.8) is 0 Å². The Balaban J connectivity index is 1.72. The van der Waals surface area contributed by atoms with Crippen molar-refractivity contribution in [3.8, 4) is 11.3 Å². The summed E-state index contributed by atoms with van der Waals surface area (Å²) in [4.78, 5) is 15.2. The Hall–Kier alpha value is -3.49. The van der Waals surface area contributed by atoms with Crippen molar-refractivity contribution < 1.29 is 18.3 Å². The van der Waals surface area contributed by atoms with E-state index in [1.54, 1.807) is 42.5 Å². The quantitative estimate of drug-likeness (QED) is 0.466. The number of carbonyl (C=O) groups is 1. The van der Waals surface area contributed by atoms with Crippen LogP contribution in [-0.4, -0.2) is 39.4 Å². The van der Waals surface area contributed by atoms with Gasteiger partial charge in [0.25, 0.3) is 10.0 Å². The molecule has 0 spiro atoms. The van der Waals surface area contributed by atoms with E-state index >= 15 is 0 Å². The van der Waals surface area contributed by atoms with Crippen LogP contribution in [0, 0.1) is 0 Å². The Labute approximate surface area is 183 Å². The van der Waals surface area contributed by atoms with Crippen molar-refractivity contribution in [1.29, 1.82) is 0 Å². The number of pyridine rings is 1. The number of hydrogen-bond acceptors (Lipinski definition) is 5. The van der Waals surface area contributed by atoms with Gasteiger partial charge in [-0.3, -0.25) is 4.98 Å². The first-order valence-electron chi connectivity index (χ1n) is 9.17. The van der Waals surface area contributed by atoms with Crippen LogP contribution in [0.15, 0.2) is 73.1 Å². The predicted octanol–water partition coefficient (Wildman–Crippen LogP) is 4.34. The Kier molecular flexibility index (Phi) is 5.58. The third-order valence-corrected chi connectivity index (χ3v) is 6.39. The summed E-state index contributed by atoms with van der Waals surface area (Å²) in [5.74, 6) is -1.33. The number of aromatic carboxylic acids is 1. The van der Waals surface area contributed by atoms with Crippen molar-refractivity contribution in [1.82, 2.24) is 14.2 Å². The zero-order valence-corrected chi connectivity index (χ0v) is 17.6. The van der Waals surface area contributed by atoms with E-state index in [-0.39, 0.29) is 11.3 Å². The molecular weight excluding hydrogens is 438 g/mol. The minimum atomic E-state index is -3.82. The van der Waals surface area contributed by atoms with Gasteiger partial charge in [-0.2, -0.15) is 9.19 Å². The van der Waals surface area contributed by atoms with Gasteiger partial charge in [0.05, 0.1) is 16.8 Å². The van der Waals surface area contributed by atoms with E-state index in [9.17, 15) is 13.2 Å². The molecule has 156 valence electrons. The molecule has 0 bridgehead atoms. The standard InChI is InChI=1S/C22H16ClN3O4S/c23-19-6-2-1-4-15(19)5-3-13-31(29,30)26-20-11-12-24-14-18(20)21(25-26)16-7-9-17(10-8-16)22(27)28/h1-12,14H,13H2,(H,27,28). The smallest absolute Gasteiger partial charge is 0.335 e. The van der Waals surface area contributed by atoms with E-state index in [2.05, 4.69) is 10.1 Å². The molecule has 0 aliphatic rings.